The van der Waals surface area contributed by atoms with Crippen molar-refractivity contribution in [3.63, 3.8) is 0 Å². The van der Waals surface area contributed by atoms with Gasteiger partial charge in [0, 0.05) is 38.8 Å². The lowest BCUT2D eigenvalue weighted by atomic mass is 9.89. The van der Waals surface area contributed by atoms with Crippen molar-refractivity contribution >= 4 is 29.9 Å². The molecule has 1 aliphatic rings. The highest BCUT2D eigenvalue weighted by Crippen LogP contribution is 2.33. The summed E-state index contributed by atoms with van der Waals surface area (Å²) in [5.41, 5.74) is 2.54. The third-order valence-corrected chi connectivity index (χ3v) is 4.42. The predicted molar refractivity (Wildman–Crippen MR) is 118 cm³/mol. The zero-order chi connectivity index (χ0) is 17.9. The zero-order valence-electron chi connectivity index (χ0n) is 16.3. The number of hydrogen-bond donors (Lipinski definition) is 2. The topological polar surface area (TPSA) is 54.9 Å². The highest BCUT2D eigenvalue weighted by molar-refractivity contribution is 14.0. The molecule has 1 fully saturated rings. The van der Waals surface area contributed by atoms with Gasteiger partial charge in [0.25, 0.3) is 0 Å². The van der Waals surface area contributed by atoms with Crippen LogP contribution in [0.3, 0.4) is 0 Å². The van der Waals surface area contributed by atoms with E-state index in [0.29, 0.717) is 12.5 Å². The Morgan fingerprint density at radius 3 is 2.69 bits per heavy atom. The summed E-state index contributed by atoms with van der Waals surface area (Å²) in [6, 6.07) is 8.70. The summed E-state index contributed by atoms with van der Waals surface area (Å²) in [6.45, 7) is 10.9. The van der Waals surface area contributed by atoms with E-state index in [1.807, 2.05) is 6.92 Å². The van der Waals surface area contributed by atoms with E-state index in [9.17, 15) is 0 Å². The van der Waals surface area contributed by atoms with E-state index in [1.54, 1.807) is 0 Å². The third kappa shape index (κ3) is 7.80. The van der Waals surface area contributed by atoms with E-state index >= 15 is 0 Å². The summed E-state index contributed by atoms with van der Waals surface area (Å²) >= 11 is 0. The summed E-state index contributed by atoms with van der Waals surface area (Å²) in [4.78, 5) is 4.79. The van der Waals surface area contributed by atoms with Crippen LogP contribution in [0.15, 0.2) is 29.3 Å². The first kappa shape index (κ1) is 23.2. The summed E-state index contributed by atoms with van der Waals surface area (Å²) in [7, 11) is 0. The molecule has 1 aromatic carbocycles. The third-order valence-electron chi connectivity index (χ3n) is 4.42. The normalized spacial score (nSPS) is 20.3. The zero-order valence-corrected chi connectivity index (χ0v) is 18.6. The number of hydrogen-bond acceptors (Lipinski definition) is 3. The fourth-order valence-corrected chi connectivity index (χ4v) is 3.09. The van der Waals surface area contributed by atoms with Crippen molar-refractivity contribution in [2.45, 2.75) is 39.7 Å². The van der Waals surface area contributed by atoms with Crippen molar-refractivity contribution in [1.29, 1.82) is 0 Å². The lowest BCUT2D eigenvalue weighted by Crippen LogP contribution is -2.39. The number of guanidine groups is 1. The van der Waals surface area contributed by atoms with Gasteiger partial charge in [-0.15, -0.1) is 24.0 Å². The van der Waals surface area contributed by atoms with Crippen LogP contribution in [0.5, 0.6) is 0 Å². The van der Waals surface area contributed by atoms with Gasteiger partial charge in [-0.3, -0.25) is 4.99 Å². The molecular weight excluding hydrogens is 441 g/mol. The maximum Gasteiger partial charge on any atom is 0.191 e. The number of rotatable bonds is 8. The van der Waals surface area contributed by atoms with Crippen LogP contribution in [0.2, 0.25) is 0 Å². The number of nitrogens with zero attached hydrogens (tertiary/aromatic N) is 1. The molecule has 0 bridgehead atoms. The van der Waals surface area contributed by atoms with Gasteiger partial charge in [0.15, 0.2) is 5.96 Å². The van der Waals surface area contributed by atoms with E-state index < -0.39 is 0 Å². The number of aliphatic imine (C=N–C) groups is 1. The molecule has 6 heteroatoms. The van der Waals surface area contributed by atoms with Gasteiger partial charge < -0.3 is 20.1 Å². The average molecular weight is 475 g/mol. The number of benzene rings is 1. The van der Waals surface area contributed by atoms with Crippen LogP contribution in [0, 0.1) is 12.8 Å². The van der Waals surface area contributed by atoms with Gasteiger partial charge in [0.2, 0.25) is 0 Å². The van der Waals surface area contributed by atoms with Crippen molar-refractivity contribution in [3.05, 3.63) is 35.4 Å². The summed E-state index contributed by atoms with van der Waals surface area (Å²) in [5, 5.41) is 6.63. The molecule has 1 aliphatic heterocycles. The van der Waals surface area contributed by atoms with Gasteiger partial charge in [0.05, 0.1) is 12.7 Å². The highest BCUT2D eigenvalue weighted by Gasteiger charge is 2.27. The second-order valence-electron chi connectivity index (χ2n) is 6.45. The number of halogens is 1. The number of nitrogens with one attached hydrogen (secondary N) is 2. The van der Waals surface area contributed by atoms with Crippen molar-refractivity contribution in [1.82, 2.24) is 10.6 Å². The van der Waals surface area contributed by atoms with Crippen LogP contribution >= 0.6 is 24.0 Å². The summed E-state index contributed by atoms with van der Waals surface area (Å²) in [6.07, 6.45) is 2.40. The molecule has 0 saturated carbocycles. The van der Waals surface area contributed by atoms with Crippen molar-refractivity contribution in [3.8, 4) is 0 Å². The molecule has 2 rings (SSSR count). The van der Waals surface area contributed by atoms with E-state index in [4.69, 9.17) is 14.5 Å². The van der Waals surface area contributed by atoms with Gasteiger partial charge in [-0.25, -0.2) is 0 Å². The lowest BCUT2D eigenvalue weighted by molar-refractivity contribution is -0.0250. The standard InChI is InChI=1S/C20H33N3O2.HI/c1-4-21-20(22-12-14-24-5-2)23-15-18-7-6-13-25-19(18)17-10-8-16(3)9-11-17;/h8-11,18-19H,4-7,12-15H2,1-3H3,(H2,21,22,23);1H. The Labute approximate surface area is 175 Å². The average Bonchev–Trinajstić information content (AvgIpc) is 2.64. The second kappa shape index (κ2) is 13.3. The van der Waals surface area contributed by atoms with Crippen LogP contribution < -0.4 is 10.6 Å². The Morgan fingerprint density at radius 1 is 1.23 bits per heavy atom. The molecule has 0 amide bonds. The van der Waals surface area contributed by atoms with E-state index in [2.05, 4.69) is 48.7 Å². The Balaban J connectivity index is 0.00000338. The largest absolute Gasteiger partial charge is 0.380 e. The molecule has 148 valence electrons. The molecule has 2 unspecified atom stereocenters. The first-order valence-electron chi connectivity index (χ1n) is 9.52. The number of ether oxygens (including phenoxy) is 2. The van der Waals surface area contributed by atoms with Gasteiger partial charge in [-0.2, -0.15) is 0 Å². The first-order valence-corrected chi connectivity index (χ1v) is 9.52. The Hall–Kier alpha value is -0.860. The Morgan fingerprint density at radius 2 is 2.00 bits per heavy atom. The fraction of sp³-hybridized carbons (Fsp3) is 0.650. The quantitative estimate of drug-likeness (QED) is 0.261. The highest BCUT2D eigenvalue weighted by atomic mass is 127. The van der Waals surface area contributed by atoms with Gasteiger partial charge >= 0.3 is 0 Å². The van der Waals surface area contributed by atoms with Crippen molar-refractivity contribution < 1.29 is 9.47 Å². The summed E-state index contributed by atoms with van der Waals surface area (Å²) in [5.74, 6) is 1.27. The number of aryl methyl sites for hydroxylation is 1. The van der Waals surface area contributed by atoms with Gasteiger partial charge in [-0.1, -0.05) is 29.8 Å². The molecule has 26 heavy (non-hydrogen) atoms. The molecule has 0 aromatic heterocycles. The molecule has 0 radical (unpaired) electrons. The van der Waals surface area contributed by atoms with Crippen LogP contribution in [-0.4, -0.2) is 45.4 Å². The monoisotopic (exact) mass is 475 g/mol. The fourth-order valence-electron chi connectivity index (χ4n) is 3.09. The smallest absolute Gasteiger partial charge is 0.191 e. The molecule has 2 atom stereocenters. The van der Waals surface area contributed by atoms with E-state index in [-0.39, 0.29) is 30.1 Å². The maximum atomic E-state index is 6.09. The summed E-state index contributed by atoms with van der Waals surface area (Å²) < 4.78 is 11.5. The van der Waals surface area contributed by atoms with Crippen LogP contribution in [-0.2, 0) is 9.47 Å². The maximum absolute atomic E-state index is 6.09. The van der Waals surface area contributed by atoms with E-state index in [1.165, 1.54) is 11.1 Å². The molecule has 2 N–H and O–H groups in total. The van der Waals surface area contributed by atoms with E-state index in [0.717, 1.165) is 51.6 Å². The molecule has 0 aliphatic carbocycles. The van der Waals surface area contributed by atoms with Crippen LogP contribution in [0.25, 0.3) is 0 Å². The predicted octanol–water partition coefficient (Wildman–Crippen LogP) is 3.67. The van der Waals surface area contributed by atoms with Gasteiger partial charge in [0.1, 0.15) is 0 Å². The minimum absolute atomic E-state index is 0. The van der Waals surface area contributed by atoms with Crippen molar-refractivity contribution in [2.75, 3.05) is 39.5 Å². The molecule has 1 saturated heterocycles. The molecule has 1 heterocycles. The molecule has 0 spiro atoms. The minimum atomic E-state index is 0. The Kier molecular flexibility index (Phi) is 11.9. The molecule has 1 aromatic rings. The van der Waals surface area contributed by atoms with Gasteiger partial charge in [-0.05, 0) is 39.2 Å². The second-order valence-corrected chi connectivity index (χ2v) is 6.45. The van der Waals surface area contributed by atoms with Crippen LogP contribution in [0.4, 0.5) is 0 Å². The SMILES string of the molecule is CCNC(=NCC1CCCOC1c1ccc(C)cc1)NCCOCC.I. The van der Waals surface area contributed by atoms with Crippen LogP contribution in [0.1, 0.15) is 43.9 Å². The minimum Gasteiger partial charge on any atom is -0.380 e. The lowest BCUT2D eigenvalue weighted by Gasteiger charge is -2.31. The Bertz CT molecular complexity index is 522. The van der Waals surface area contributed by atoms with Crippen molar-refractivity contribution in [2.24, 2.45) is 10.9 Å². The molecule has 5 nitrogen and oxygen atoms in total. The first-order chi connectivity index (χ1) is 12.2. The molecular formula is C20H34IN3O2.